The average molecular weight is 281 g/mol. The van der Waals surface area contributed by atoms with Gasteiger partial charge in [-0.1, -0.05) is 20.3 Å². The number of nitrogens with zero attached hydrogens (tertiary/aromatic N) is 1. The van der Waals surface area contributed by atoms with E-state index >= 15 is 0 Å². The van der Waals surface area contributed by atoms with Gasteiger partial charge in [0, 0.05) is 11.4 Å². The molecule has 2 heterocycles. The van der Waals surface area contributed by atoms with Crippen LogP contribution in [0.2, 0.25) is 0 Å². The van der Waals surface area contributed by atoms with Gasteiger partial charge in [0.2, 0.25) is 5.91 Å². The molecular weight excluding hydrogens is 258 g/mol. The monoisotopic (exact) mass is 281 g/mol. The van der Waals surface area contributed by atoms with Crippen molar-refractivity contribution in [1.29, 1.82) is 0 Å². The molecule has 1 saturated heterocycles. The number of hydrogen-bond donors (Lipinski definition) is 2. The number of thiazole rings is 1. The lowest BCUT2D eigenvalue weighted by Crippen LogP contribution is -2.38. The van der Waals surface area contributed by atoms with Crippen LogP contribution in [0.3, 0.4) is 0 Å². The fraction of sp³-hybridized carbons (Fsp3) is 0.714. The van der Waals surface area contributed by atoms with Gasteiger partial charge in [0.05, 0.1) is 11.1 Å². The maximum absolute atomic E-state index is 12.6. The fourth-order valence-corrected chi connectivity index (χ4v) is 3.68. The number of hydrogen-bond acceptors (Lipinski definition) is 4. The van der Waals surface area contributed by atoms with Gasteiger partial charge in [-0.05, 0) is 32.7 Å². The van der Waals surface area contributed by atoms with Crippen molar-refractivity contribution in [3.05, 3.63) is 10.6 Å². The van der Waals surface area contributed by atoms with Crippen molar-refractivity contribution >= 4 is 22.4 Å². The number of amides is 1. The third kappa shape index (κ3) is 2.98. The molecule has 2 rings (SSSR count). The summed E-state index contributed by atoms with van der Waals surface area (Å²) in [6.45, 7) is 8.01. The molecule has 1 aromatic rings. The van der Waals surface area contributed by atoms with Crippen molar-refractivity contribution in [2.45, 2.75) is 46.5 Å². The summed E-state index contributed by atoms with van der Waals surface area (Å²) in [7, 11) is 0. The Morgan fingerprint density at radius 2 is 2.32 bits per heavy atom. The summed E-state index contributed by atoms with van der Waals surface area (Å²) in [5.74, 6) is 0.135. The molecule has 1 fully saturated rings. The first kappa shape index (κ1) is 14.5. The zero-order valence-electron chi connectivity index (χ0n) is 12.0. The quantitative estimate of drug-likeness (QED) is 0.872. The first-order chi connectivity index (χ1) is 9.11. The van der Waals surface area contributed by atoms with E-state index in [1.54, 1.807) is 11.3 Å². The molecule has 1 aromatic heterocycles. The molecule has 1 aliphatic heterocycles. The van der Waals surface area contributed by atoms with E-state index in [9.17, 15) is 4.79 Å². The first-order valence-corrected chi connectivity index (χ1v) is 7.91. The molecule has 0 aliphatic carbocycles. The molecule has 0 saturated carbocycles. The lowest BCUT2D eigenvalue weighted by molar-refractivity contribution is -0.125. The van der Waals surface area contributed by atoms with Gasteiger partial charge in [-0.15, -0.1) is 11.3 Å². The van der Waals surface area contributed by atoms with Crippen LogP contribution in [0.4, 0.5) is 5.13 Å². The topological polar surface area (TPSA) is 54.0 Å². The van der Waals surface area contributed by atoms with Crippen LogP contribution < -0.4 is 10.6 Å². The number of rotatable bonds is 5. The third-order valence-electron chi connectivity index (χ3n) is 3.90. The predicted octanol–water partition coefficient (Wildman–Crippen LogP) is 2.73. The van der Waals surface area contributed by atoms with E-state index in [4.69, 9.17) is 0 Å². The first-order valence-electron chi connectivity index (χ1n) is 7.10. The Labute approximate surface area is 119 Å². The Balaban J connectivity index is 2.10. The van der Waals surface area contributed by atoms with Crippen LogP contribution in [-0.2, 0) is 11.2 Å². The van der Waals surface area contributed by atoms with Crippen LogP contribution in [0, 0.1) is 12.3 Å². The maximum Gasteiger partial charge on any atom is 0.233 e. The van der Waals surface area contributed by atoms with E-state index in [1.807, 2.05) is 0 Å². The van der Waals surface area contributed by atoms with E-state index in [1.165, 1.54) is 4.88 Å². The van der Waals surface area contributed by atoms with Crippen molar-refractivity contribution in [3.63, 3.8) is 0 Å². The summed E-state index contributed by atoms with van der Waals surface area (Å²) >= 11 is 1.58. The number of aryl methyl sites for hydroxylation is 2. The molecule has 1 amide bonds. The SMILES string of the molecule is CCCC1(C(=O)Nc2nc(CC)c(C)s2)CCNC1. The Hall–Kier alpha value is -0.940. The van der Waals surface area contributed by atoms with E-state index in [-0.39, 0.29) is 11.3 Å². The number of nitrogens with one attached hydrogen (secondary N) is 2. The summed E-state index contributed by atoms with van der Waals surface area (Å²) in [6, 6.07) is 0. The molecule has 1 atom stereocenters. The third-order valence-corrected chi connectivity index (χ3v) is 4.83. The number of carbonyl (C=O) groups excluding carboxylic acids is 1. The van der Waals surface area contributed by atoms with Gasteiger partial charge in [-0.2, -0.15) is 0 Å². The van der Waals surface area contributed by atoms with E-state index in [0.717, 1.165) is 49.6 Å². The molecule has 5 heteroatoms. The molecule has 0 bridgehead atoms. The zero-order chi connectivity index (χ0) is 13.9. The highest BCUT2D eigenvalue weighted by molar-refractivity contribution is 7.15. The van der Waals surface area contributed by atoms with Gasteiger partial charge in [0.1, 0.15) is 0 Å². The molecule has 19 heavy (non-hydrogen) atoms. The second kappa shape index (κ2) is 6.01. The van der Waals surface area contributed by atoms with Gasteiger partial charge in [-0.25, -0.2) is 4.98 Å². The summed E-state index contributed by atoms with van der Waals surface area (Å²) in [5.41, 5.74) is 0.857. The lowest BCUT2D eigenvalue weighted by atomic mass is 9.81. The standard InChI is InChI=1S/C14H23N3OS/c1-4-6-14(7-8-15-9-14)12(18)17-13-16-11(5-2)10(3)19-13/h15H,4-9H2,1-3H3,(H,16,17,18). The predicted molar refractivity (Wildman–Crippen MR) is 79.7 cm³/mol. The molecule has 4 nitrogen and oxygen atoms in total. The van der Waals surface area contributed by atoms with Crippen molar-refractivity contribution in [3.8, 4) is 0 Å². The summed E-state index contributed by atoms with van der Waals surface area (Å²) in [5, 5.41) is 7.10. The minimum Gasteiger partial charge on any atom is -0.316 e. The van der Waals surface area contributed by atoms with Crippen molar-refractivity contribution in [2.75, 3.05) is 18.4 Å². The van der Waals surface area contributed by atoms with Gasteiger partial charge in [-0.3, -0.25) is 4.79 Å². The highest BCUT2D eigenvalue weighted by Crippen LogP contribution is 2.33. The Morgan fingerprint density at radius 3 is 2.84 bits per heavy atom. The number of aromatic nitrogens is 1. The summed E-state index contributed by atoms with van der Waals surface area (Å²) < 4.78 is 0. The molecule has 0 spiro atoms. The van der Waals surface area contributed by atoms with E-state index < -0.39 is 0 Å². The fourth-order valence-electron chi connectivity index (χ4n) is 2.78. The normalized spacial score (nSPS) is 22.7. The average Bonchev–Trinajstić information content (AvgIpc) is 2.97. The maximum atomic E-state index is 12.6. The van der Waals surface area contributed by atoms with Crippen LogP contribution in [-0.4, -0.2) is 24.0 Å². The van der Waals surface area contributed by atoms with Crippen molar-refractivity contribution in [1.82, 2.24) is 10.3 Å². The van der Waals surface area contributed by atoms with Crippen LogP contribution >= 0.6 is 11.3 Å². The second-order valence-electron chi connectivity index (χ2n) is 5.29. The van der Waals surface area contributed by atoms with Crippen molar-refractivity contribution in [2.24, 2.45) is 5.41 Å². The molecule has 1 aliphatic rings. The minimum atomic E-state index is -0.235. The summed E-state index contributed by atoms with van der Waals surface area (Å²) in [4.78, 5) is 18.2. The molecule has 1 unspecified atom stereocenters. The number of anilines is 1. The highest BCUT2D eigenvalue weighted by atomic mass is 32.1. The highest BCUT2D eigenvalue weighted by Gasteiger charge is 2.40. The summed E-state index contributed by atoms with van der Waals surface area (Å²) in [6.07, 6.45) is 3.82. The molecule has 0 aromatic carbocycles. The van der Waals surface area contributed by atoms with Crippen LogP contribution in [0.25, 0.3) is 0 Å². The molecular formula is C14H23N3OS. The lowest BCUT2D eigenvalue weighted by Gasteiger charge is -2.25. The van der Waals surface area contributed by atoms with E-state index in [2.05, 4.69) is 36.4 Å². The van der Waals surface area contributed by atoms with Gasteiger partial charge in [0.25, 0.3) is 0 Å². The van der Waals surface area contributed by atoms with Crippen LogP contribution in [0.5, 0.6) is 0 Å². The molecule has 2 N–H and O–H groups in total. The zero-order valence-corrected chi connectivity index (χ0v) is 12.8. The minimum absolute atomic E-state index is 0.135. The van der Waals surface area contributed by atoms with Gasteiger partial charge < -0.3 is 10.6 Å². The Bertz CT molecular complexity index is 450. The smallest absolute Gasteiger partial charge is 0.233 e. The Morgan fingerprint density at radius 1 is 1.53 bits per heavy atom. The van der Waals surface area contributed by atoms with Crippen molar-refractivity contribution < 1.29 is 4.79 Å². The molecule has 0 radical (unpaired) electrons. The van der Waals surface area contributed by atoms with Crippen LogP contribution in [0.15, 0.2) is 0 Å². The van der Waals surface area contributed by atoms with Gasteiger partial charge in [0.15, 0.2) is 5.13 Å². The largest absolute Gasteiger partial charge is 0.316 e. The van der Waals surface area contributed by atoms with Gasteiger partial charge >= 0.3 is 0 Å². The number of carbonyl (C=O) groups is 1. The molecule has 106 valence electrons. The second-order valence-corrected chi connectivity index (χ2v) is 6.49. The van der Waals surface area contributed by atoms with Crippen LogP contribution in [0.1, 0.15) is 43.7 Å². The van der Waals surface area contributed by atoms with E-state index in [0.29, 0.717) is 0 Å². The Kier molecular flexibility index (Phi) is 4.58.